The van der Waals surface area contributed by atoms with Crippen LogP contribution in [0.1, 0.15) is 105 Å². The van der Waals surface area contributed by atoms with Crippen LogP contribution in [0.15, 0.2) is 23.1 Å². The normalized spacial score (nSPS) is 16.8. The van der Waals surface area contributed by atoms with Crippen molar-refractivity contribution >= 4 is 34.9 Å². The molecule has 0 aliphatic heterocycles. The van der Waals surface area contributed by atoms with Crippen LogP contribution in [0.25, 0.3) is 6.08 Å². The molecule has 6 heteroatoms. The molecule has 0 aromatic carbocycles. The number of rotatable bonds is 16. The quantitative estimate of drug-likeness (QED) is 0.123. The van der Waals surface area contributed by atoms with Crippen LogP contribution in [0.3, 0.4) is 0 Å². The Morgan fingerprint density at radius 2 is 1.73 bits per heavy atom. The van der Waals surface area contributed by atoms with E-state index in [1.165, 1.54) is 6.92 Å². The maximum absolute atomic E-state index is 13.3. The van der Waals surface area contributed by atoms with Gasteiger partial charge in [-0.05, 0) is 63.0 Å². The number of thiazole rings is 1. The summed E-state index contributed by atoms with van der Waals surface area (Å²) < 4.78 is 5.55. The summed E-state index contributed by atoms with van der Waals surface area (Å²) >= 11 is 1.60. The molecule has 0 fully saturated rings. The molecule has 1 heterocycles. The van der Waals surface area contributed by atoms with Gasteiger partial charge in [-0.1, -0.05) is 60.1 Å². The molecule has 0 radical (unpaired) electrons. The molecule has 0 spiro atoms. The molecule has 1 rings (SSSR count). The second-order valence-electron chi connectivity index (χ2n) is 11.4. The van der Waals surface area contributed by atoms with Crippen molar-refractivity contribution in [3.05, 3.63) is 33.8 Å². The molecule has 0 aliphatic carbocycles. The van der Waals surface area contributed by atoms with Crippen LogP contribution in [0.2, 0.25) is 0 Å². The number of allylic oxidation sites excluding steroid dienone is 1. The Morgan fingerprint density at radius 1 is 1.08 bits per heavy atom. The van der Waals surface area contributed by atoms with Crippen LogP contribution in [-0.4, -0.2) is 28.6 Å². The van der Waals surface area contributed by atoms with Crippen LogP contribution in [0, 0.1) is 36.0 Å². The Labute approximate surface area is 229 Å². The highest BCUT2D eigenvalue weighted by atomic mass is 32.1. The molecule has 0 unspecified atom stereocenters. The van der Waals surface area contributed by atoms with E-state index in [9.17, 15) is 14.4 Å². The largest absolute Gasteiger partial charge is 0.458 e. The molecular weight excluding hydrogens is 482 g/mol. The zero-order valence-electron chi connectivity index (χ0n) is 24.7. The average molecular weight is 532 g/mol. The fourth-order valence-electron chi connectivity index (χ4n) is 4.71. The lowest BCUT2D eigenvalue weighted by atomic mass is 9.67. The summed E-state index contributed by atoms with van der Waals surface area (Å²) in [4.78, 5) is 41.0. The first kappa shape index (κ1) is 32.9. The Bertz CT molecular complexity index is 958. The predicted molar refractivity (Wildman–Crippen MR) is 154 cm³/mol. The van der Waals surface area contributed by atoms with E-state index in [1.807, 2.05) is 53.0 Å². The first-order valence-corrected chi connectivity index (χ1v) is 14.5. The number of carbonyl (C=O) groups excluding carboxylic acids is 3. The van der Waals surface area contributed by atoms with E-state index in [-0.39, 0.29) is 41.4 Å². The fraction of sp³-hybridized carbons (Fsp3) is 0.677. The molecule has 0 saturated heterocycles. The van der Waals surface area contributed by atoms with Gasteiger partial charge < -0.3 is 9.53 Å². The molecule has 1 aromatic rings. The maximum atomic E-state index is 13.3. The molecule has 37 heavy (non-hydrogen) atoms. The lowest BCUT2D eigenvalue weighted by molar-refractivity contribution is -0.144. The second-order valence-corrected chi connectivity index (χ2v) is 12.5. The van der Waals surface area contributed by atoms with Gasteiger partial charge in [0.15, 0.2) is 0 Å². The number of nitrogens with zero attached hydrogens (tertiary/aromatic N) is 1. The van der Waals surface area contributed by atoms with E-state index in [0.717, 1.165) is 35.5 Å². The van der Waals surface area contributed by atoms with Gasteiger partial charge in [-0.3, -0.25) is 9.59 Å². The summed E-state index contributed by atoms with van der Waals surface area (Å²) in [5, 5.41) is 3.01. The van der Waals surface area contributed by atoms with Gasteiger partial charge in [0.25, 0.3) is 0 Å². The minimum atomic E-state index is -0.509. The van der Waals surface area contributed by atoms with Gasteiger partial charge in [0, 0.05) is 36.5 Å². The van der Waals surface area contributed by atoms with Gasteiger partial charge in [0.2, 0.25) is 0 Å². The number of aryl methyl sites for hydroxylation is 1. The molecule has 1 aromatic heterocycles. The summed E-state index contributed by atoms with van der Waals surface area (Å²) in [6.07, 6.45) is 10.1. The number of ether oxygens (including phenoxy) is 1. The van der Waals surface area contributed by atoms with Gasteiger partial charge in [0.05, 0.1) is 10.7 Å². The number of Topliss-reactive ketones (excluding diaryl/α,β-unsaturated/α-hetero) is 2. The molecule has 0 N–H and O–H groups in total. The first-order valence-electron chi connectivity index (χ1n) is 13.6. The van der Waals surface area contributed by atoms with Gasteiger partial charge in [-0.15, -0.1) is 11.3 Å². The standard InChI is InChI=1S/C31H49NO4S/c1-20(24(5)25(6)30(35)31(9,10)22(3)18-23(4)33)15-13-11-12-14-16-29(36-27(8)34)21(2)17-28-19-37-26(7)32-28/h12,14,17,19-20,22,24-25,29H,11,13,15-16,18H2,1-10H3/b14-12-,21-17+/t20-,22-,24-,25+,29-/m0/s1. The number of ketones is 2. The first-order chi connectivity index (χ1) is 17.2. The number of carbonyl (C=O) groups is 3. The summed E-state index contributed by atoms with van der Waals surface area (Å²) in [7, 11) is 0. The minimum absolute atomic E-state index is 0.0347. The zero-order chi connectivity index (χ0) is 28.3. The maximum Gasteiger partial charge on any atom is 0.303 e. The third-order valence-corrected chi connectivity index (χ3v) is 8.73. The van der Waals surface area contributed by atoms with Crippen LogP contribution in [0.4, 0.5) is 0 Å². The molecule has 0 amide bonds. The molecule has 5 atom stereocenters. The number of esters is 1. The second kappa shape index (κ2) is 15.4. The van der Waals surface area contributed by atoms with Crippen molar-refractivity contribution in [2.24, 2.45) is 29.1 Å². The van der Waals surface area contributed by atoms with Crippen molar-refractivity contribution in [3.8, 4) is 0 Å². The van der Waals surface area contributed by atoms with Crippen LogP contribution < -0.4 is 0 Å². The van der Waals surface area contributed by atoms with Crippen molar-refractivity contribution in [1.82, 2.24) is 4.98 Å². The summed E-state index contributed by atoms with van der Waals surface area (Å²) in [6.45, 7) is 19.4. The Morgan fingerprint density at radius 3 is 2.27 bits per heavy atom. The Kier molecular flexibility index (Phi) is 13.7. The van der Waals surface area contributed by atoms with Crippen molar-refractivity contribution in [2.45, 2.75) is 107 Å². The van der Waals surface area contributed by atoms with E-state index >= 15 is 0 Å². The lowest BCUT2D eigenvalue weighted by Crippen LogP contribution is -2.39. The van der Waals surface area contributed by atoms with Crippen LogP contribution >= 0.6 is 11.3 Å². The average Bonchev–Trinajstić information content (AvgIpc) is 3.22. The van der Waals surface area contributed by atoms with E-state index in [1.54, 1.807) is 18.3 Å². The number of hydrogen-bond donors (Lipinski definition) is 0. The van der Waals surface area contributed by atoms with Crippen molar-refractivity contribution < 1.29 is 19.1 Å². The predicted octanol–water partition coefficient (Wildman–Crippen LogP) is 8.02. The van der Waals surface area contributed by atoms with E-state index in [2.05, 4.69) is 31.0 Å². The summed E-state index contributed by atoms with van der Waals surface area (Å²) in [6, 6.07) is 0. The fourth-order valence-corrected chi connectivity index (χ4v) is 5.28. The molecule has 0 aliphatic rings. The SMILES string of the molecule is CC(=O)C[C@H](C)C(C)(C)C(=O)[C@H](C)[C@@H](C)[C@@H](C)CCC/C=C\C[C@H](OC(C)=O)/C(C)=C/c1csc(C)n1. The molecule has 0 saturated carbocycles. The van der Waals surface area contributed by atoms with Crippen LogP contribution in [0.5, 0.6) is 0 Å². The lowest BCUT2D eigenvalue weighted by Gasteiger charge is -2.35. The van der Waals surface area contributed by atoms with E-state index < -0.39 is 5.41 Å². The van der Waals surface area contributed by atoms with Gasteiger partial charge in [-0.25, -0.2) is 4.98 Å². The van der Waals surface area contributed by atoms with Crippen molar-refractivity contribution in [2.75, 3.05) is 0 Å². The van der Waals surface area contributed by atoms with Gasteiger partial charge >= 0.3 is 5.97 Å². The van der Waals surface area contributed by atoms with Crippen LogP contribution in [-0.2, 0) is 19.1 Å². The van der Waals surface area contributed by atoms with E-state index in [0.29, 0.717) is 18.8 Å². The van der Waals surface area contributed by atoms with Gasteiger partial charge in [-0.2, -0.15) is 0 Å². The third kappa shape index (κ3) is 11.1. The Balaban J connectivity index is 2.59. The molecule has 0 bridgehead atoms. The van der Waals surface area contributed by atoms with Gasteiger partial charge in [0.1, 0.15) is 17.7 Å². The number of unbranched alkanes of at least 4 members (excludes halogenated alkanes) is 1. The Hall–Kier alpha value is -2.08. The number of aromatic nitrogens is 1. The highest BCUT2D eigenvalue weighted by Crippen LogP contribution is 2.37. The highest BCUT2D eigenvalue weighted by molar-refractivity contribution is 7.09. The van der Waals surface area contributed by atoms with Crippen molar-refractivity contribution in [1.29, 1.82) is 0 Å². The zero-order valence-corrected chi connectivity index (χ0v) is 25.5. The van der Waals surface area contributed by atoms with E-state index in [4.69, 9.17) is 4.74 Å². The summed E-state index contributed by atoms with van der Waals surface area (Å²) in [5.41, 5.74) is 1.37. The molecular formula is C31H49NO4S. The topological polar surface area (TPSA) is 73.3 Å². The minimum Gasteiger partial charge on any atom is -0.458 e. The smallest absolute Gasteiger partial charge is 0.303 e. The highest BCUT2D eigenvalue weighted by Gasteiger charge is 2.39. The van der Waals surface area contributed by atoms with Crippen molar-refractivity contribution in [3.63, 3.8) is 0 Å². The summed E-state index contributed by atoms with van der Waals surface area (Å²) in [5.74, 6) is 0.792. The molecule has 5 nitrogen and oxygen atoms in total. The third-order valence-electron chi connectivity index (χ3n) is 7.94. The molecule has 208 valence electrons. The monoisotopic (exact) mass is 531 g/mol. The number of hydrogen-bond acceptors (Lipinski definition) is 6.